The Bertz CT molecular complexity index is 205. The van der Waals surface area contributed by atoms with Crippen LogP contribution in [0.25, 0.3) is 0 Å². The molecule has 0 aromatic rings. The lowest BCUT2D eigenvalue weighted by molar-refractivity contribution is -0.144. The number of cyclic esters (lactones) is 1. The van der Waals surface area contributed by atoms with Crippen LogP contribution >= 0.6 is 0 Å². The topological polar surface area (TPSA) is 43.4 Å². The van der Waals surface area contributed by atoms with E-state index in [1.165, 1.54) is 6.92 Å². The van der Waals surface area contributed by atoms with E-state index in [1.807, 2.05) is 13.8 Å². The Hall–Kier alpha value is -0.860. The number of hydrogen-bond donors (Lipinski definition) is 0. The van der Waals surface area contributed by atoms with E-state index < -0.39 is 5.92 Å². The SMILES string of the molecule is CC(=O)C1C(=O)OCC1(C)C. The van der Waals surface area contributed by atoms with Crippen molar-refractivity contribution in [2.45, 2.75) is 20.8 Å². The second-order valence-electron chi connectivity index (χ2n) is 3.64. The lowest BCUT2D eigenvalue weighted by Crippen LogP contribution is -2.29. The van der Waals surface area contributed by atoms with Gasteiger partial charge in [0.1, 0.15) is 11.7 Å². The predicted molar refractivity (Wildman–Crippen MR) is 38.9 cm³/mol. The van der Waals surface area contributed by atoms with Crippen LogP contribution in [0.1, 0.15) is 20.8 Å². The van der Waals surface area contributed by atoms with Gasteiger partial charge in [0.2, 0.25) is 0 Å². The number of carbonyl (C=O) groups is 2. The lowest BCUT2D eigenvalue weighted by atomic mass is 9.79. The smallest absolute Gasteiger partial charge is 0.317 e. The molecule has 3 heteroatoms. The Labute approximate surface area is 65.7 Å². The molecule has 62 valence electrons. The third-order valence-corrected chi connectivity index (χ3v) is 2.01. The summed E-state index contributed by atoms with van der Waals surface area (Å²) in [6.45, 7) is 5.52. The Morgan fingerprint density at radius 3 is 2.36 bits per heavy atom. The van der Waals surface area contributed by atoms with E-state index >= 15 is 0 Å². The van der Waals surface area contributed by atoms with Crippen LogP contribution in [0, 0.1) is 11.3 Å². The molecule has 1 fully saturated rings. The Morgan fingerprint density at radius 2 is 2.18 bits per heavy atom. The molecule has 0 bridgehead atoms. The molecule has 0 radical (unpaired) electrons. The van der Waals surface area contributed by atoms with Crippen LogP contribution in [0.5, 0.6) is 0 Å². The first-order chi connectivity index (χ1) is 4.95. The second kappa shape index (κ2) is 2.32. The van der Waals surface area contributed by atoms with Crippen LogP contribution < -0.4 is 0 Å². The van der Waals surface area contributed by atoms with Gasteiger partial charge in [-0.1, -0.05) is 13.8 Å². The molecule has 0 saturated carbocycles. The highest BCUT2D eigenvalue weighted by Crippen LogP contribution is 2.34. The van der Waals surface area contributed by atoms with Gasteiger partial charge in [-0.05, 0) is 6.92 Å². The van der Waals surface area contributed by atoms with Crippen molar-refractivity contribution in [2.24, 2.45) is 11.3 Å². The fourth-order valence-electron chi connectivity index (χ4n) is 1.46. The molecule has 1 atom stereocenters. The van der Waals surface area contributed by atoms with Crippen molar-refractivity contribution in [3.63, 3.8) is 0 Å². The fourth-order valence-corrected chi connectivity index (χ4v) is 1.46. The molecular weight excluding hydrogens is 144 g/mol. The maximum absolute atomic E-state index is 11.0. The van der Waals surface area contributed by atoms with Gasteiger partial charge in [0, 0.05) is 5.41 Å². The summed E-state index contributed by atoms with van der Waals surface area (Å²) >= 11 is 0. The normalized spacial score (nSPS) is 28.3. The summed E-state index contributed by atoms with van der Waals surface area (Å²) in [5.74, 6) is -1.03. The maximum Gasteiger partial charge on any atom is 0.317 e. The van der Waals surface area contributed by atoms with Crippen LogP contribution in [0.15, 0.2) is 0 Å². The second-order valence-corrected chi connectivity index (χ2v) is 3.64. The number of Topliss-reactive ketones (excluding diaryl/α,β-unsaturated/α-hetero) is 1. The highest BCUT2D eigenvalue weighted by molar-refractivity contribution is 5.99. The molecule has 1 unspecified atom stereocenters. The van der Waals surface area contributed by atoms with E-state index in [1.54, 1.807) is 0 Å². The van der Waals surface area contributed by atoms with E-state index in [4.69, 9.17) is 4.74 Å². The van der Waals surface area contributed by atoms with Crippen molar-refractivity contribution in [1.82, 2.24) is 0 Å². The summed E-state index contributed by atoms with van der Waals surface area (Å²) < 4.78 is 4.78. The van der Waals surface area contributed by atoms with Gasteiger partial charge in [0.25, 0.3) is 0 Å². The molecule has 0 amide bonds. The predicted octanol–water partition coefficient (Wildman–Crippen LogP) is 0.775. The Balaban J connectivity index is 2.89. The van der Waals surface area contributed by atoms with E-state index in [-0.39, 0.29) is 17.2 Å². The standard InChI is InChI=1S/C8H12O3/c1-5(9)6-7(10)11-4-8(6,2)3/h6H,4H2,1-3H3. The summed E-state index contributed by atoms with van der Waals surface area (Å²) in [6, 6.07) is 0. The average molecular weight is 156 g/mol. The first-order valence-electron chi connectivity index (χ1n) is 3.62. The molecule has 1 aliphatic rings. The largest absolute Gasteiger partial charge is 0.465 e. The van der Waals surface area contributed by atoms with Crippen LogP contribution in [0.2, 0.25) is 0 Å². The molecule has 3 nitrogen and oxygen atoms in total. The van der Waals surface area contributed by atoms with Gasteiger partial charge in [-0.2, -0.15) is 0 Å². The zero-order chi connectivity index (χ0) is 8.65. The number of ketones is 1. The van der Waals surface area contributed by atoms with Crippen molar-refractivity contribution < 1.29 is 14.3 Å². The molecule has 1 aliphatic heterocycles. The molecule has 1 rings (SSSR count). The zero-order valence-electron chi connectivity index (χ0n) is 7.01. The molecule has 0 aromatic heterocycles. The summed E-state index contributed by atoms with van der Waals surface area (Å²) in [4.78, 5) is 22.0. The summed E-state index contributed by atoms with van der Waals surface area (Å²) in [7, 11) is 0. The maximum atomic E-state index is 11.0. The number of hydrogen-bond acceptors (Lipinski definition) is 3. The van der Waals surface area contributed by atoms with Crippen LogP contribution in [0.3, 0.4) is 0 Å². The third-order valence-electron chi connectivity index (χ3n) is 2.01. The summed E-state index contributed by atoms with van der Waals surface area (Å²) in [5.41, 5.74) is -0.317. The minimum absolute atomic E-state index is 0.0995. The van der Waals surface area contributed by atoms with Crippen molar-refractivity contribution in [3.05, 3.63) is 0 Å². The van der Waals surface area contributed by atoms with E-state index in [0.29, 0.717) is 6.61 Å². The number of rotatable bonds is 1. The van der Waals surface area contributed by atoms with Gasteiger partial charge in [0.05, 0.1) is 6.61 Å². The monoisotopic (exact) mass is 156 g/mol. The molecule has 11 heavy (non-hydrogen) atoms. The first-order valence-corrected chi connectivity index (χ1v) is 3.62. The minimum atomic E-state index is -0.553. The highest BCUT2D eigenvalue weighted by atomic mass is 16.5. The number of carbonyl (C=O) groups excluding carboxylic acids is 2. The van der Waals surface area contributed by atoms with Gasteiger partial charge >= 0.3 is 5.97 Å². The molecule has 0 N–H and O–H groups in total. The number of esters is 1. The lowest BCUT2D eigenvalue weighted by Gasteiger charge is -2.18. The van der Waals surface area contributed by atoms with Gasteiger partial charge < -0.3 is 4.74 Å². The van der Waals surface area contributed by atoms with E-state index in [2.05, 4.69) is 0 Å². The fraction of sp³-hybridized carbons (Fsp3) is 0.750. The van der Waals surface area contributed by atoms with Gasteiger partial charge in [0.15, 0.2) is 0 Å². The summed E-state index contributed by atoms with van der Waals surface area (Å²) in [5, 5.41) is 0. The molecule has 1 heterocycles. The summed E-state index contributed by atoms with van der Waals surface area (Å²) in [6.07, 6.45) is 0. The van der Waals surface area contributed by atoms with Crippen molar-refractivity contribution in [1.29, 1.82) is 0 Å². The van der Waals surface area contributed by atoms with Crippen LogP contribution in [-0.4, -0.2) is 18.4 Å². The van der Waals surface area contributed by atoms with Crippen LogP contribution in [-0.2, 0) is 14.3 Å². The zero-order valence-corrected chi connectivity index (χ0v) is 7.01. The highest BCUT2D eigenvalue weighted by Gasteiger charge is 2.46. The van der Waals surface area contributed by atoms with Crippen molar-refractivity contribution in [2.75, 3.05) is 6.61 Å². The van der Waals surface area contributed by atoms with E-state index in [0.717, 1.165) is 0 Å². The van der Waals surface area contributed by atoms with Crippen molar-refractivity contribution in [3.8, 4) is 0 Å². The van der Waals surface area contributed by atoms with Crippen LogP contribution in [0.4, 0.5) is 0 Å². The molecule has 0 aliphatic carbocycles. The molecule has 0 spiro atoms. The molecular formula is C8H12O3. The van der Waals surface area contributed by atoms with Gasteiger partial charge in [-0.25, -0.2) is 0 Å². The number of ether oxygens (including phenoxy) is 1. The molecule has 1 saturated heterocycles. The molecule has 0 aromatic carbocycles. The average Bonchev–Trinajstić information content (AvgIpc) is 2.06. The first kappa shape index (κ1) is 8.24. The van der Waals surface area contributed by atoms with E-state index in [9.17, 15) is 9.59 Å². The van der Waals surface area contributed by atoms with Gasteiger partial charge in [-0.15, -0.1) is 0 Å². The quantitative estimate of drug-likeness (QED) is 0.416. The third kappa shape index (κ3) is 1.27. The van der Waals surface area contributed by atoms with Crippen molar-refractivity contribution >= 4 is 11.8 Å². The van der Waals surface area contributed by atoms with Gasteiger partial charge in [-0.3, -0.25) is 9.59 Å². The minimum Gasteiger partial charge on any atom is -0.465 e. The Kier molecular flexibility index (Phi) is 1.74. The Morgan fingerprint density at radius 1 is 1.64 bits per heavy atom.